The van der Waals surface area contributed by atoms with Gasteiger partial charge in [-0.3, -0.25) is 0 Å². The van der Waals surface area contributed by atoms with Crippen molar-refractivity contribution in [3.8, 4) is 0 Å². The molecule has 1 unspecified atom stereocenters. The number of fused-ring (bicyclic) bond motifs is 1. The van der Waals surface area contributed by atoms with Crippen LogP contribution in [0.1, 0.15) is 50.6 Å². The number of rotatable bonds is 1. The van der Waals surface area contributed by atoms with Gasteiger partial charge in [-0.15, -0.1) is 0 Å². The summed E-state index contributed by atoms with van der Waals surface area (Å²) in [5.41, 5.74) is 8.98. The van der Waals surface area contributed by atoms with Crippen LogP contribution in [0.15, 0.2) is 24.3 Å². The van der Waals surface area contributed by atoms with Crippen LogP contribution in [-0.4, -0.2) is 12.6 Å². The van der Waals surface area contributed by atoms with E-state index in [1.54, 1.807) is 0 Å². The maximum atomic E-state index is 6.23. The summed E-state index contributed by atoms with van der Waals surface area (Å²) < 4.78 is 0. The minimum absolute atomic E-state index is 0.236. The van der Waals surface area contributed by atoms with Crippen molar-refractivity contribution in [3.05, 3.63) is 29.8 Å². The standard InChI is InChI=1S/C16H24N2/c1-12-6-8-13(9-7-12)18-11-10-15(17)14-4-2-3-5-16(14)18/h2-5,12-13,15H,6-11,17H2,1H3. The molecule has 0 bridgehead atoms. The quantitative estimate of drug-likeness (QED) is 0.819. The second kappa shape index (κ2) is 4.93. The Morgan fingerprint density at radius 3 is 2.56 bits per heavy atom. The zero-order valence-electron chi connectivity index (χ0n) is 11.3. The maximum absolute atomic E-state index is 6.23. The summed E-state index contributed by atoms with van der Waals surface area (Å²) in [6, 6.07) is 9.71. The molecule has 2 heteroatoms. The molecule has 1 aliphatic heterocycles. The summed E-state index contributed by atoms with van der Waals surface area (Å²) in [5.74, 6) is 0.920. The first-order chi connectivity index (χ1) is 8.75. The van der Waals surface area contributed by atoms with E-state index in [-0.39, 0.29) is 6.04 Å². The van der Waals surface area contributed by atoms with E-state index >= 15 is 0 Å². The number of benzene rings is 1. The Kier molecular flexibility index (Phi) is 3.29. The van der Waals surface area contributed by atoms with Crippen molar-refractivity contribution in [1.29, 1.82) is 0 Å². The van der Waals surface area contributed by atoms with Gasteiger partial charge in [-0.25, -0.2) is 0 Å². The van der Waals surface area contributed by atoms with E-state index in [0.717, 1.165) is 24.9 Å². The second-order valence-electron chi connectivity index (χ2n) is 6.06. The third-order valence-electron chi connectivity index (χ3n) is 4.75. The van der Waals surface area contributed by atoms with E-state index in [1.807, 2.05) is 0 Å². The summed E-state index contributed by atoms with van der Waals surface area (Å²) in [6.07, 6.45) is 6.57. The van der Waals surface area contributed by atoms with Crippen LogP contribution in [-0.2, 0) is 0 Å². The van der Waals surface area contributed by atoms with Crippen LogP contribution >= 0.6 is 0 Å². The minimum Gasteiger partial charge on any atom is -0.368 e. The van der Waals surface area contributed by atoms with Gasteiger partial charge in [-0.1, -0.05) is 25.1 Å². The Hall–Kier alpha value is -1.02. The molecule has 2 aliphatic rings. The molecule has 0 aromatic heterocycles. The summed E-state index contributed by atoms with van der Waals surface area (Å²) in [4.78, 5) is 2.63. The average molecular weight is 244 g/mol. The lowest BCUT2D eigenvalue weighted by Crippen LogP contribution is -2.42. The van der Waals surface area contributed by atoms with Crippen LogP contribution in [0.25, 0.3) is 0 Å². The van der Waals surface area contributed by atoms with Crippen molar-refractivity contribution >= 4 is 5.69 Å². The number of nitrogens with two attached hydrogens (primary N) is 1. The van der Waals surface area contributed by atoms with E-state index in [2.05, 4.69) is 36.1 Å². The molecule has 2 nitrogen and oxygen atoms in total. The van der Waals surface area contributed by atoms with Crippen LogP contribution in [0, 0.1) is 5.92 Å². The monoisotopic (exact) mass is 244 g/mol. The first-order valence-corrected chi connectivity index (χ1v) is 7.37. The van der Waals surface area contributed by atoms with Gasteiger partial charge in [-0.2, -0.15) is 0 Å². The lowest BCUT2D eigenvalue weighted by atomic mass is 9.85. The molecular weight excluding hydrogens is 220 g/mol. The Labute approximate surface area is 110 Å². The number of hydrogen-bond acceptors (Lipinski definition) is 2. The minimum atomic E-state index is 0.236. The molecule has 1 atom stereocenters. The highest BCUT2D eigenvalue weighted by atomic mass is 15.2. The van der Waals surface area contributed by atoms with Gasteiger partial charge in [0.1, 0.15) is 0 Å². The lowest BCUT2D eigenvalue weighted by molar-refractivity contribution is 0.328. The van der Waals surface area contributed by atoms with Gasteiger partial charge in [-0.05, 0) is 49.7 Å². The summed E-state index contributed by atoms with van der Waals surface area (Å²) in [6.45, 7) is 3.52. The molecule has 2 N–H and O–H groups in total. The number of anilines is 1. The summed E-state index contributed by atoms with van der Waals surface area (Å²) >= 11 is 0. The van der Waals surface area contributed by atoms with Gasteiger partial charge in [0.15, 0.2) is 0 Å². The molecule has 0 amide bonds. The van der Waals surface area contributed by atoms with E-state index in [0.29, 0.717) is 0 Å². The van der Waals surface area contributed by atoms with Crippen molar-refractivity contribution < 1.29 is 0 Å². The predicted molar refractivity (Wildman–Crippen MR) is 76.8 cm³/mol. The molecule has 1 saturated carbocycles. The highest BCUT2D eigenvalue weighted by molar-refractivity contribution is 5.57. The zero-order valence-corrected chi connectivity index (χ0v) is 11.3. The van der Waals surface area contributed by atoms with Crippen molar-refractivity contribution in [2.75, 3.05) is 11.4 Å². The fourth-order valence-corrected chi connectivity index (χ4v) is 3.55. The first kappa shape index (κ1) is 12.0. The number of hydrogen-bond donors (Lipinski definition) is 1. The van der Waals surface area contributed by atoms with Crippen LogP contribution in [0.3, 0.4) is 0 Å². The maximum Gasteiger partial charge on any atom is 0.0417 e. The molecule has 18 heavy (non-hydrogen) atoms. The van der Waals surface area contributed by atoms with Crippen molar-refractivity contribution in [3.63, 3.8) is 0 Å². The van der Waals surface area contributed by atoms with Crippen molar-refractivity contribution in [2.24, 2.45) is 11.7 Å². The van der Waals surface area contributed by atoms with Crippen LogP contribution in [0.5, 0.6) is 0 Å². The van der Waals surface area contributed by atoms with Gasteiger partial charge < -0.3 is 10.6 Å². The molecule has 1 heterocycles. The Bertz CT molecular complexity index is 407. The van der Waals surface area contributed by atoms with Crippen molar-refractivity contribution in [1.82, 2.24) is 0 Å². The topological polar surface area (TPSA) is 29.3 Å². The molecular formula is C16H24N2. The largest absolute Gasteiger partial charge is 0.368 e. The Morgan fingerprint density at radius 2 is 1.78 bits per heavy atom. The molecule has 1 aromatic rings. The Morgan fingerprint density at radius 1 is 1.06 bits per heavy atom. The fourth-order valence-electron chi connectivity index (χ4n) is 3.55. The zero-order chi connectivity index (χ0) is 12.5. The molecule has 0 spiro atoms. The summed E-state index contributed by atoms with van der Waals surface area (Å²) in [7, 11) is 0. The highest BCUT2D eigenvalue weighted by Gasteiger charge is 2.29. The van der Waals surface area contributed by atoms with E-state index in [9.17, 15) is 0 Å². The van der Waals surface area contributed by atoms with Gasteiger partial charge in [0.2, 0.25) is 0 Å². The fraction of sp³-hybridized carbons (Fsp3) is 0.625. The van der Waals surface area contributed by atoms with Crippen molar-refractivity contribution in [2.45, 2.75) is 51.1 Å². The molecule has 0 saturated heterocycles. The lowest BCUT2D eigenvalue weighted by Gasteiger charge is -2.42. The molecule has 1 aromatic carbocycles. The van der Waals surface area contributed by atoms with Gasteiger partial charge in [0.05, 0.1) is 0 Å². The average Bonchev–Trinajstić information content (AvgIpc) is 2.41. The predicted octanol–water partition coefficient (Wildman–Crippen LogP) is 3.48. The molecule has 1 fully saturated rings. The second-order valence-corrected chi connectivity index (χ2v) is 6.06. The molecule has 1 aliphatic carbocycles. The van der Waals surface area contributed by atoms with E-state index in [4.69, 9.17) is 5.73 Å². The van der Waals surface area contributed by atoms with Crippen LogP contribution in [0.4, 0.5) is 5.69 Å². The van der Waals surface area contributed by atoms with E-state index in [1.165, 1.54) is 36.9 Å². The van der Waals surface area contributed by atoms with Gasteiger partial charge in [0, 0.05) is 24.3 Å². The third-order valence-corrected chi connectivity index (χ3v) is 4.75. The van der Waals surface area contributed by atoms with Gasteiger partial charge >= 0.3 is 0 Å². The molecule has 98 valence electrons. The third kappa shape index (κ3) is 2.14. The smallest absolute Gasteiger partial charge is 0.0417 e. The molecule has 3 rings (SSSR count). The Balaban J connectivity index is 1.84. The SMILES string of the molecule is CC1CCC(N2CCC(N)c3ccccc32)CC1. The summed E-state index contributed by atoms with van der Waals surface area (Å²) in [5, 5.41) is 0. The number of nitrogens with zero attached hydrogens (tertiary/aromatic N) is 1. The van der Waals surface area contributed by atoms with Crippen LogP contribution in [0.2, 0.25) is 0 Å². The molecule has 0 radical (unpaired) electrons. The normalized spacial score (nSPS) is 32.1. The first-order valence-electron chi connectivity index (χ1n) is 7.37. The van der Waals surface area contributed by atoms with Crippen LogP contribution < -0.4 is 10.6 Å². The van der Waals surface area contributed by atoms with Gasteiger partial charge in [0.25, 0.3) is 0 Å². The number of para-hydroxylation sites is 1. The highest BCUT2D eigenvalue weighted by Crippen LogP contribution is 2.37. The van der Waals surface area contributed by atoms with E-state index < -0.39 is 0 Å².